The molecule has 0 saturated heterocycles. The van der Waals surface area contributed by atoms with E-state index in [2.05, 4.69) is 66.1 Å². The van der Waals surface area contributed by atoms with Crippen molar-refractivity contribution in [3.05, 3.63) is 99.2 Å². The molecular formula is C30H32N4O2S. The molecule has 6 nitrogen and oxygen atoms in total. The minimum atomic E-state index is -0.266. The lowest BCUT2D eigenvalue weighted by atomic mass is 10.00. The lowest BCUT2D eigenvalue weighted by Crippen LogP contribution is -2.38. The smallest absolute Gasteiger partial charge is 0.322 e. The fraction of sp³-hybridized carbons (Fsp3) is 0.300. The number of likely N-dealkylation sites (N-methyl/N-ethyl adjacent to an activating group) is 1. The molecule has 6 rings (SSSR count). The van der Waals surface area contributed by atoms with E-state index < -0.39 is 0 Å². The number of hydrogen-bond donors (Lipinski definition) is 1. The van der Waals surface area contributed by atoms with Gasteiger partial charge in [0.25, 0.3) is 0 Å². The second-order valence-electron chi connectivity index (χ2n) is 10.1. The van der Waals surface area contributed by atoms with Gasteiger partial charge >= 0.3 is 6.03 Å². The average molecular weight is 513 g/mol. The zero-order valence-corrected chi connectivity index (χ0v) is 22.6. The number of thiophene rings is 1. The number of aromatic nitrogens is 1. The number of hydrogen-bond acceptors (Lipinski definition) is 4. The van der Waals surface area contributed by atoms with E-state index in [1.54, 1.807) is 7.11 Å². The van der Waals surface area contributed by atoms with Crippen molar-refractivity contribution in [3.63, 3.8) is 0 Å². The molecule has 37 heavy (non-hydrogen) atoms. The second-order valence-corrected chi connectivity index (χ2v) is 11.2. The molecule has 2 aromatic heterocycles. The molecule has 0 radical (unpaired) electrons. The Labute approximate surface area is 222 Å². The molecule has 4 heterocycles. The van der Waals surface area contributed by atoms with Gasteiger partial charge in [0.2, 0.25) is 0 Å². The zero-order valence-electron chi connectivity index (χ0n) is 21.7. The van der Waals surface area contributed by atoms with Crippen molar-refractivity contribution in [2.45, 2.75) is 39.4 Å². The van der Waals surface area contributed by atoms with Crippen molar-refractivity contribution < 1.29 is 9.53 Å². The van der Waals surface area contributed by atoms with Crippen LogP contribution in [-0.2, 0) is 19.5 Å². The maximum atomic E-state index is 14.1. The molecule has 0 unspecified atom stereocenters. The summed E-state index contributed by atoms with van der Waals surface area (Å²) in [6, 6.07) is 18.0. The van der Waals surface area contributed by atoms with Crippen molar-refractivity contribution in [1.82, 2.24) is 14.4 Å². The average Bonchev–Trinajstić information content (AvgIpc) is 3.47. The summed E-state index contributed by atoms with van der Waals surface area (Å²) in [5, 5.41) is 4.44. The van der Waals surface area contributed by atoms with E-state index in [1.807, 2.05) is 46.6 Å². The maximum absolute atomic E-state index is 14.1. The van der Waals surface area contributed by atoms with Crippen LogP contribution in [0, 0.1) is 13.8 Å². The Kier molecular flexibility index (Phi) is 6.05. The summed E-state index contributed by atoms with van der Waals surface area (Å²) in [6.45, 7) is 6.69. The molecule has 1 N–H and O–H groups in total. The Morgan fingerprint density at radius 3 is 2.70 bits per heavy atom. The van der Waals surface area contributed by atoms with Crippen molar-refractivity contribution in [2.75, 3.05) is 26.0 Å². The van der Waals surface area contributed by atoms with Crippen LogP contribution in [0.5, 0.6) is 5.75 Å². The lowest BCUT2D eigenvalue weighted by molar-refractivity contribution is 0.194. The molecule has 2 aromatic carbocycles. The number of amides is 2. The molecule has 0 bridgehead atoms. The van der Waals surface area contributed by atoms with Gasteiger partial charge in [0.15, 0.2) is 0 Å². The van der Waals surface area contributed by atoms with Gasteiger partial charge < -0.3 is 24.4 Å². The van der Waals surface area contributed by atoms with Crippen LogP contribution in [-0.4, -0.2) is 41.1 Å². The molecule has 0 spiro atoms. The van der Waals surface area contributed by atoms with Crippen LogP contribution in [0.1, 0.15) is 44.4 Å². The molecule has 2 aliphatic rings. The SMILES string of the molecule is COc1cccc([C@H]2c3cccn3-c3sc4c(c3CN2C(=O)Nc2ccc(C)c(C)c2)CCN(C)C4)c1. The van der Waals surface area contributed by atoms with Gasteiger partial charge in [-0.25, -0.2) is 4.79 Å². The van der Waals surface area contributed by atoms with Gasteiger partial charge in [0, 0.05) is 35.4 Å². The minimum absolute atomic E-state index is 0.107. The van der Waals surface area contributed by atoms with Crippen LogP contribution in [0.4, 0.5) is 10.5 Å². The van der Waals surface area contributed by atoms with E-state index >= 15 is 0 Å². The number of methoxy groups -OCH3 is 1. The first-order chi connectivity index (χ1) is 17.9. The zero-order chi connectivity index (χ0) is 25.7. The fourth-order valence-corrected chi connectivity index (χ4v) is 6.97. The molecule has 7 heteroatoms. The van der Waals surface area contributed by atoms with E-state index in [0.717, 1.165) is 47.8 Å². The monoisotopic (exact) mass is 512 g/mol. The quantitative estimate of drug-likeness (QED) is 0.351. The molecule has 1 atom stereocenters. The van der Waals surface area contributed by atoms with Gasteiger partial charge in [-0.15, -0.1) is 11.3 Å². The van der Waals surface area contributed by atoms with E-state index in [9.17, 15) is 4.79 Å². The van der Waals surface area contributed by atoms with Crippen molar-refractivity contribution in [2.24, 2.45) is 0 Å². The van der Waals surface area contributed by atoms with Gasteiger partial charge in [-0.3, -0.25) is 0 Å². The first kappa shape index (κ1) is 23.8. The number of nitrogens with zero attached hydrogens (tertiary/aromatic N) is 3. The number of carbonyl (C=O) groups excluding carboxylic acids is 1. The minimum Gasteiger partial charge on any atom is -0.497 e. The number of anilines is 1. The normalized spacial score (nSPS) is 17.0. The summed E-state index contributed by atoms with van der Waals surface area (Å²) >= 11 is 1.87. The molecule has 2 aliphatic heterocycles. The number of fused-ring (bicyclic) bond motifs is 5. The van der Waals surface area contributed by atoms with E-state index in [0.29, 0.717) is 6.54 Å². The second kappa shape index (κ2) is 9.39. The number of rotatable bonds is 3. The molecule has 0 fully saturated rings. The Hall–Kier alpha value is -3.55. The predicted molar refractivity (Wildman–Crippen MR) is 149 cm³/mol. The maximum Gasteiger partial charge on any atom is 0.322 e. The Bertz CT molecular complexity index is 1490. The summed E-state index contributed by atoms with van der Waals surface area (Å²) in [6.07, 6.45) is 3.14. The summed E-state index contributed by atoms with van der Waals surface area (Å²) < 4.78 is 7.86. The third-order valence-electron chi connectivity index (χ3n) is 7.68. The molecule has 0 saturated carbocycles. The Morgan fingerprint density at radius 2 is 1.89 bits per heavy atom. The number of aryl methyl sites for hydroxylation is 2. The van der Waals surface area contributed by atoms with Gasteiger partial charge in [0.05, 0.1) is 25.4 Å². The first-order valence-corrected chi connectivity index (χ1v) is 13.5. The highest BCUT2D eigenvalue weighted by Crippen LogP contribution is 2.44. The third-order valence-corrected chi connectivity index (χ3v) is 8.94. The Morgan fingerprint density at radius 1 is 1.03 bits per heavy atom. The van der Waals surface area contributed by atoms with Crippen LogP contribution in [0.3, 0.4) is 0 Å². The summed E-state index contributed by atoms with van der Waals surface area (Å²) in [5.41, 5.74) is 7.96. The van der Waals surface area contributed by atoms with Crippen LogP contribution in [0.25, 0.3) is 5.00 Å². The van der Waals surface area contributed by atoms with Crippen LogP contribution in [0.15, 0.2) is 60.8 Å². The number of carbonyl (C=O) groups is 1. The first-order valence-electron chi connectivity index (χ1n) is 12.7. The molecule has 4 aromatic rings. The number of ether oxygens (including phenoxy) is 1. The lowest BCUT2D eigenvalue weighted by Gasteiger charge is -2.32. The highest BCUT2D eigenvalue weighted by molar-refractivity contribution is 7.15. The number of urea groups is 1. The van der Waals surface area contributed by atoms with Crippen molar-refractivity contribution in [1.29, 1.82) is 0 Å². The fourth-order valence-electron chi connectivity index (χ4n) is 5.53. The van der Waals surface area contributed by atoms with Crippen molar-refractivity contribution >= 4 is 23.1 Å². The van der Waals surface area contributed by atoms with E-state index in [4.69, 9.17) is 4.74 Å². The molecule has 190 valence electrons. The third kappa shape index (κ3) is 4.22. The van der Waals surface area contributed by atoms with Crippen molar-refractivity contribution in [3.8, 4) is 10.8 Å². The van der Waals surface area contributed by atoms with E-state index in [1.165, 1.54) is 26.6 Å². The summed E-state index contributed by atoms with van der Waals surface area (Å²) in [4.78, 5) is 19.9. The summed E-state index contributed by atoms with van der Waals surface area (Å²) in [5.74, 6) is 0.782. The number of benzene rings is 2. The standard InChI is InChI=1S/C30H32N4O2S/c1-19-10-11-22(15-20(19)2)31-30(35)34-17-25-24-12-14-32(3)18-27(24)37-29(25)33-13-6-9-26(33)28(34)21-7-5-8-23(16-21)36-4/h5-11,13,15-16,28H,12,14,17-18H2,1-4H3,(H,31,35)/t28-/m0/s1. The van der Waals surface area contributed by atoms with Gasteiger partial charge in [0.1, 0.15) is 10.8 Å². The molecule has 2 amide bonds. The topological polar surface area (TPSA) is 49.7 Å². The van der Waals surface area contributed by atoms with Crippen LogP contribution >= 0.6 is 11.3 Å². The molecule has 0 aliphatic carbocycles. The van der Waals surface area contributed by atoms with E-state index in [-0.39, 0.29) is 12.1 Å². The largest absolute Gasteiger partial charge is 0.497 e. The van der Waals surface area contributed by atoms with Crippen LogP contribution < -0.4 is 10.1 Å². The highest BCUT2D eigenvalue weighted by atomic mass is 32.1. The summed E-state index contributed by atoms with van der Waals surface area (Å²) in [7, 11) is 3.86. The molecular weight excluding hydrogens is 480 g/mol. The Balaban J connectivity index is 1.49. The van der Waals surface area contributed by atoms with Gasteiger partial charge in [-0.2, -0.15) is 0 Å². The highest BCUT2D eigenvalue weighted by Gasteiger charge is 2.36. The predicted octanol–water partition coefficient (Wildman–Crippen LogP) is 6.29. The van der Waals surface area contributed by atoms with Gasteiger partial charge in [-0.05, 0) is 86.0 Å². The number of nitrogens with one attached hydrogen (secondary N) is 1. The van der Waals surface area contributed by atoms with Crippen LogP contribution in [0.2, 0.25) is 0 Å². The van der Waals surface area contributed by atoms with Gasteiger partial charge in [-0.1, -0.05) is 18.2 Å².